The Hall–Kier alpha value is -2.04. The Morgan fingerprint density at radius 1 is 1.35 bits per heavy atom. The summed E-state index contributed by atoms with van der Waals surface area (Å²) in [6.45, 7) is 5.37. The van der Waals surface area contributed by atoms with E-state index in [-0.39, 0.29) is 5.84 Å². The van der Waals surface area contributed by atoms with Crippen LogP contribution in [0.4, 0.5) is 0 Å². The van der Waals surface area contributed by atoms with E-state index in [9.17, 15) is 4.79 Å². The van der Waals surface area contributed by atoms with E-state index in [0.717, 1.165) is 0 Å². The van der Waals surface area contributed by atoms with Gasteiger partial charge < -0.3 is 15.7 Å². The molecule has 0 spiro atoms. The van der Waals surface area contributed by atoms with Crippen molar-refractivity contribution in [1.82, 2.24) is 0 Å². The van der Waals surface area contributed by atoms with Gasteiger partial charge in [-0.3, -0.25) is 0 Å². The first-order valence-corrected chi connectivity index (χ1v) is 5.15. The van der Waals surface area contributed by atoms with E-state index in [1.165, 1.54) is 6.07 Å². The molecule has 0 fully saturated rings. The van der Waals surface area contributed by atoms with Gasteiger partial charge >= 0.3 is 5.97 Å². The number of rotatable bonds is 2. The Kier molecular flexibility index (Phi) is 3.73. The van der Waals surface area contributed by atoms with Crippen molar-refractivity contribution < 1.29 is 14.7 Å². The van der Waals surface area contributed by atoms with Gasteiger partial charge in [0.05, 0.1) is 5.56 Å². The molecule has 0 aliphatic rings. The largest absolute Gasteiger partial charge is 0.456 e. The molecule has 0 atom stereocenters. The number of nitrogens with zero attached hydrogens (tertiary/aromatic N) is 1. The van der Waals surface area contributed by atoms with Crippen molar-refractivity contribution in [2.24, 2.45) is 10.9 Å². The van der Waals surface area contributed by atoms with Gasteiger partial charge in [0.2, 0.25) is 0 Å². The highest BCUT2D eigenvalue weighted by Gasteiger charge is 2.18. The topological polar surface area (TPSA) is 84.9 Å². The van der Waals surface area contributed by atoms with Crippen LogP contribution in [-0.2, 0) is 4.74 Å². The standard InChI is InChI=1S/C12H16N2O3/c1-12(2,3)17-11(15)9-6-4-5-8(7-9)10(13)14-16/h4-7,16H,1-3H3,(H2,13,14). The molecule has 1 aromatic rings. The van der Waals surface area contributed by atoms with Crippen molar-refractivity contribution in [3.63, 3.8) is 0 Å². The molecule has 92 valence electrons. The summed E-state index contributed by atoms with van der Waals surface area (Å²) in [5, 5.41) is 11.4. The number of carbonyl (C=O) groups excluding carboxylic acids is 1. The number of esters is 1. The molecule has 0 aromatic heterocycles. The van der Waals surface area contributed by atoms with Crippen LogP contribution in [0.15, 0.2) is 29.4 Å². The van der Waals surface area contributed by atoms with E-state index in [1.807, 2.05) is 0 Å². The molecule has 3 N–H and O–H groups in total. The zero-order valence-electron chi connectivity index (χ0n) is 10.1. The van der Waals surface area contributed by atoms with Crippen molar-refractivity contribution in [3.05, 3.63) is 35.4 Å². The monoisotopic (exact) mass is 236 g/mol. The normalized spacial score (nSPS) is 12.3. The minimum absolute atomic E-state index is 0.0459. The molecule has 0 saturated carbocycles. The molecule has 17 heavy (non-hydrogen) atoms. The van der Waals surface area contributed by atoms with E-state index < -0.39 is 11.6 Å². The molecule has 0 aliphatic carbocycles. The van der Waals surface area contributed by atoms with Gasteiger partial charge in [0.1, 0.15) is 5.60 Å². The predicted octanol–water partition coefficient (Wildman–Crippen LogP) is 1.74. The molecule has 5 nitrogen and oxygen atoms in total. The van der Waals surface area contributed by atoms with Crippen molar-refractivity contribution >= 4 is 11.8 Å². The molecule has 0 unspecified atom stereocenters. The second kappa shape index (κ2) is 4.86. The van der Waals surface area contributed by atoms with Crippen LogP contribution in [0.5, 0.6) is 0 Å². The maximum Gasteiger partial charge on any atom is 0.338 e. The average molecular weight is 236 g/mol. The summed E-state index contributed by atoms with van der Waals surface area (Å²) in [5.41, 5.74) is 5.72. The van der Waals surface area contributed by atoms with Gasteiger partial charge in [-0.25, -0.2) is 4.79 Å². The number of nitrogens with two attached hydrogens (primary N) is 1. The molecular formula is C12H16N2O3. The van der Waals surface area contributed by atoms with E-state index in [0.29, 0.717) is 11.1 Å². The number of hydrogen-bond acceptors (Lipinski definition) is 4. The quantitative estimate of drug-likeness (QED) is 0.269. The van der Waals surface area contributed by atoms with Crippen LogP contribution in [0.3, 0.4) is 0 Å². The van der Waals surface area contributed by atoms with Crippen LogP contribution in [0.1, 0.15) is 36.7 Å². The summed E-state index contributed by atoms with van der Waals surface area (Å²) in [5.74, 6) is -0.486. The highest BCUT2D eigenvalue weighted by molar-refractivity contribution is 5.99. The Bertz CT molecular complexity index is 447. The summed E-state index contributed by atoms with van der Waals surface area (Å²) < 4.78 is 5.21. The van der Waals surface area contributed by atoms with Crippen LogP contribution < -0.4 is 5.73 Å². The van der Waals surface area contributed by atoms with Crippen LogP contribution in [0.2, 0.25) is 0 Å². The summed E-state index contributed by atoms with van der Waals surface area (Å²) in [4.78, 5) is 11.8. The van der Waals surface area contributed by atoms with Gasteiger partial charge in [0.25, 0.3) is 0 Å². The molecule has 0 heterocycles. The number of benzene rings is 1. The van der Waals surface area contributed by atoms with E-state index >= 15 is 0 Å². The second-order valence-electron chi connectivity index (χ2n) is 4.57. The van der Waals surface area contributed by atoms with Crippen LogP contribution in [0, 0.1) is 0 Å². The Labute approximate surface area is 99.9 Å². The molecular weight excluding hydrogens is 220 g/mol. The third kappa shape index (κ3) is 3.79. The summed E-state index contributed by atoms with van der Waals surface area (Å²) in [6, 6.07) is 6.42. The smallest absolute Gasteiger partial charge is 0.338 e. The molecule has 0 amide bonds. The van der Waals surface area contributed by atoms with Gasteiger partial charge in [0, 0.05) is 5.56 Å². The van der Waals surface area contributed by atoms with Crippen molar-refractivity contribution in [2.45, 2.75) is 26.4 Å². The second-order valence-corrected chi connectivity index (χ2v) is 4.57. The van der Waals surface area contributed by atoms with Crippen LogP contribution in [-0.4, -0.2) is 22.6 Å². The molecule has 0 saturated heterocycles. The van der Waals surface area contributed by atoms with Crippen LogP contribution in [0.25, 0.3) is 0 Å². The summed E-state index contributed by atoms with van der Waals surface area (Å²) in [7, 11) is 0. The summed E-state index contributed by atoms with van der Waals surface area (Å²) >= 11 is 0. The van der Waals surface area contributed by atoms with E-state index in [2.05, 4.69) is 5.16 Å². The molecule has 5 heteroatoms. The molecule has 1 rings (SSSR count). The zero-order valence-corrected chi connectivity index (χ0v) is 10.1. The number of ether oxygens (including phenoxy) is 1. The number of carbonyl (C=O) groups is 1. The SMILES string of the molecule is CC(C)(C)OC(=O)c1cccc(/C(N)=N/O)c1. The first kappa shape index (κ1) is 13.0. The number of hydrogen-bond donors (Lipinski definition) is 2. The maximum absolute atomic E-state index is 11.8. The number of amidine groups is 1. The fourth-order valence-corrected chi connectivity index (χ4v) is 1.20. The molecule has 0 radical (unpaired) electrons. The van der Waals surface area contributed by atoms with E-state index in [1.54, 1.807) is 39.0 Å². The van der Waals surface area contributed by atoms with Crippen molar-refractivity contribution in [1.29, 1.82) is 0 Å². The highest BCUT2D eigenvalue weighted by atomic mass is 16.6. The van der Waals surface area contributed by atoms with Crippen molar-refractivity contribution in [2.75, 3.05) is 0 Å². The highest BCUT2D eigenvalue weighted by Crippen LogP contribution is 2.13. The Morgan fingerprint density at radius 2 is 1.94 bits per heavy atom. The van der Waals surface area contributed by atoms with Gasteiger partial charge in [-0.05, 0) is 32.9 Å². The average Bonchev–Trinajstić information content (AvgIpc) is 2.26. The third-order valence-electron chi connectivity index (χ3n) is 1.90. The maximum atomic E-state index is 11.8. The Balaban J connectivity index is 2.96. The lowest BCUT2D eigenvalue weighted by Gasteiger charge is -2.19. The lowest BCUT2D eigenvalue weighted by Crippen LogP contribution is -2.24. The van der Waals surface area contributed by atoms with Gasteiger partial charge in [-0.15, -0.1) is 0 Å². The predicted molar refractivity (Wildman–Crippen MR) is 64.1 cm³/mol. The minimum atomic E-state index is -0.552. The third-order valence-corrected chi connectivity index (χ3v) is 1.90. The first-order chi connectivity index (χ1) is 7.83. The fourth-order valence-electron chi connectivity index (χ4n) is 1.20. The molecule has 0 bridgehead atoms. The van der Waals surface area contributed by atoms with Gasteiger partial charge in [-0.2, -0.15) is 0 Å². The first-order valence-electron chi connectivity index (χ1n) is 5.15. The van der Waals surface area contributed by atoms with Crippen molar-refractivity contribution in [3.8, 4) is 0 Å². The lowest BCUT2D eigenvalue weighted by atomic mass is 10.1. The summed E-state index contributed by atoms with van der Waals surface area (Å²) in [6.07, 6.45) is 0. The van der Waals surface area contributed by atoms with Gasteiger partial charge in [0.15, 0.2) is 5.84 Å². The Morgan fingerprint density at radius 3 is 2.47 bits per heavy atom. The van der Waals surface area contributed by atoms with E-state index in [4.69, 9.17) is 15.7 Å². The molecule has 0 aliphatic heterocycles. The minimum Gasteiger partial charge on any atom is -0.456 e. The van der Waals surface area contributed by atoms with Crippen LogP contribution >= 0.6 is 0 Å². The zero-order chi connectivity index (χ0) is 13.1. The lowest BCUT2D eigenvalue weighted by molar-refractivity contribution is 0.00695. The number of oxime groups is 1. The van der Waals surface area contributed by atoms with Gasteiger partial charge in [-0.1, -0.05) is 17.3 Å². The fraction of sp³-hybridized carbons (Fsp3) is 0.333. The molecule has 1 aromatic carbocycles.